The van der Waals surface area contributed by atoms with Gasteiger partial charge in [-0.25, -0.2) is 0 Å². The number of aryl methyl sites for hydroxylation is 2. The van der Waals surface area contributed by atoms with Crippen LogP contribution in [-0.2, 0) is 7.05 Å². The van der Waals surface area contributed by atoms with Gasteiger partial charge in [-0.3, -0.25) is 14.6 Å². The molecule has 0 spiro atoms. The maximum atomic E-state index is 6.08. The van der Waals surface area contributed by atoms with Crippen LogP contribution in [0, 0.1) is 6.92 Å². The van der Waals surface area contributed by atoms with E-state index in [9.17, 15) is 0 Å². The highest BCUT2D eigenvalue weighted by Crippen LogP contribution is 2.28. The zero-order valence-corrected chi connectivity index (χ0v) is 8.65. The first-order valence-corrected chi connectivity index (χ1v) is 4.53. The van der Waals surface area contributed by atoms with Crippen LogP contribution in [0.2, 0.25) is 5.15 Å². The van der Waals surface area contributed by atoms with Gasteiger partial charge in [0.15, 0.2) is 0 Å². The van der Waals surface area contributed by atoms with Crippen LogP contribution in [0.3, 0.4) is 0 Å². The molecule has 0 N–H and O–H groups in total. The molecule has 2 aromatic heterocycles. The summed E-state index contributed by atoms with van der Waals surface area (Å²) in [4.78, 5) is 8.18. The van der Waals surface area contributed by atoms with Gasteiger partial charge in [0.25, 0.3) is 0 Å². The number of aromatic nitrogens is 4. The fourth-order valence-electron chi connectivity index (χ4n) is 1.35. The van der Waals surface area contributed by atoms with Gasteiger partial charge in [0, 0.05) is 19.4 Å². The molecular formula is C9H9ClN4. The van der Waals surface area contributed by atoms with E-state index in [0.717, 1.165) is 17.0 Å². The maximum absolute atomic E-state index is 6.08. The fourth-order valence-corrected chi connectivity index (χ4v) is 1.62. The third kappa shape index (κ3) is 1.37. The zero-order chi connectivity index (χ0) is 10.1. The Bertz CT molecular complexity index is 449. The molecular weight excluding hydrogens is 200 g/mol. The van der Waals surface area contributed by atoms with E-state index in [1.165, 1.54) is 0 Å². The van der Waals surface area contributed by atoms with Crippen LogP contribution >= 0.6 is 11.6 Å². The predicted octanol–water partition coefficient (Wildman–Crippen LogP) is 1.84. The number of hydrogen-bond acceptors (Lipinski definition) is 3. The van der Waals surface area contributed by atoms with Crippen molar-refractivity contribution < 1.29 is 0 Å². The van der Waals surface area contributed by atoms with Crippen LogP contribution in [0.5, 0.6) is 0 Å². The van der Waals surface area contributed by atoms with E-state index in [2.05, 4.69) is 15.1 Å². The molecule has 0 aliphatic rings. The molecule has 0 aromatic carbocycles. The Morgan fingerprint density at radius 1 is 1.36 bits per heavy atom. The second-order valence-corrected chi connectivity index (χ2v) is 3.32. The third-order valence-electron chi connectivity index (χ3n) is 1.97. The summed E-state index contributed by atoms with van der Waals surface area (Å²) >= 11 is 6.08. The van der Waals surface area contributed by atoms with E-state index < -0.39 is 0 Å². The van der Waals surface area contributed by atoms with Crippen molar-refractivity contribution in [2.75, 3.05) is 0 Å². The molecule has 0 aliphatic heterocycles. The van der Waals surface area contributed by atoms with Gasteiger partial charge in [-0.1, -0.05) is 11.6 Å². The molecule has 0 amide bonds. The molecule has 0 aliphatic carbocycles. The standard InChI is InChI=1S/C9H9ClN4/c1-6-8(9(10)14(2)13-6)7-5-11-3-4-12-7/h3-5H,1-2H3. The van der Waals surface area contributed by atoms with Crippen LogP contribution in [0.25, 0.3) is 11.3 Å². The highest BCUT2D eigenvalue weighted by atomic mass is 35.5. The van der Waals surface area contributed by atoms with E-state index in [1.54, 1.807) is 30.3 Å². The summed E-state index contributed by atoms with van der Waals surface area (Å²) in [7, 11) is 1.80. The first kappa shape index (κ1) is 9.15. The lowest BCUT2D eigenvalue weighted by Crippen LogP contribution is -1.89. The van der Waals surface area contributed by atoms with Crippen molar-refractivity contribution in [3.63, 3.8) is 0 Å². The van der Waals surface area contributed by atoms with Crippen molar-refractivity contribution in [3.8, 4) is 11.3 Å². The van der Waals surface area contributed by atoms with Gasteiger partial charge in [-0.05, 0) is 6.92 Å². The van der Waals surface area contributed by atoms with Gasteiger partial charge >= 0.3 is 0 Å². The summed E-state index contributed by atoms with van der Waals surface area (Å²) in [6.07, 6.45) is 4.94. The number of nitrogens with zero attached hydrogens (tertiary/aromatic N) is 4. The topological polar surface area (TPSA) is 43.6 Å². The Kier molecular flexibility index (Phi) is 2.21. The summed E-state index contributed by atoms with van der Waals surface area (Å²) in [5.74, 6) is 0. The molecule has 5 heteroatoms. The Morgan fingerprint density at radius 3 is 2.64 bits per heavy atom. The summed E-state index contributed by atoms with van der Waals surface area (Å²) < 4.78 is 1.63. The number of hydrogen-bond donors (Lipinski definition) is 0. The fraction of sp³-hybridized carbons (Fsp3) is 0.222. The lowest BCUT2D eigenvalue weighted by Gasteiger charge is -1.97. The van der Waals surface area contributed by atoms with Gasteiger partial charge in [0.05, 0.1) is 23.1 Å². The predicted molar refractivity (Wildman–Crippen MR) is 54.0 cm³/mol. The minimum atomic E-state index is 0.586. The van der Waals surface area contributed by atoms with Gasteiger partial charge < -0.3 is 0 Å². The van der Waals surface area contributed by atoms with Gasteiger partial charge in [-0.15, -0.1) is 0 Å². The molecule has 0 unspecified atom stereocenters. The average Bonchev–Trinajstić information content (AvgIpc) is 2.43. The van der Waals surface area contributed by atoms with E-state index >= 15 is 0 Å². The van der Waals surface area contributed by atoms with E-state index in [4.69, 9.17) is 11.6 Å². The zero-order valence-electron chi connectivity index (χ0n) is 7.90. The maximum Gasteiger partial charge on any atom is 0.136 e. The Hall–Kier alpha value is -1.42. The second kappa shape index (κ2) is 3.38. The molecule has 2 heterocycles. The number of rotatable bonds is 1. The second-order valence-electron chi connectivity index (χ2n) is 2.97. The Labute approximate surface area is 86.6 Å². The molecule has 0 radical (unpaired) electrons. The monoisotopic (exact) mass is 208 g/mol. The smallest absolute Gasteiger partial charge is 0.136 e. The van der Waals surface area contributed by atoms with Crippen LogP contribution in [0.15, 0.2) is 18.6 Å². The minimum absolute atomic E-state index is 0.586. The molecule has 0 saturated carbocycles. The Morgan fingerprint density at radius 2 is 2.14 bits per heavy atom. The van der Waals surface area contributed by atoms with Crippen molar-refractivity contribution in [1.82, 2.24) is 19.7 Å². The van der Waals surface area contributed by atoms with Crippen LogP contribution in [-0.4, -0.2) is 19.7 Å². The van der Waals surface area contributed by atoms with Crippen molar-refractivity contribution in [2.45, 2.75) is 6.92 Å². The molecule has 0 atom stereocenters. The van der Waals surface area contributed by atoms with E-state index in [1.807, 2.05) is 6.92 Å². The quantitative estimate of drug-likeness (QED) is 0.718. The lowest BCUT2D eigenvalue weighted by molar-refractivity contribution is 0.757. The van der Waals surface area contributed by atoms with Crippen LogP contribution in [0.4, 0.5) is 0 Å². The van der Waals surface area contributed by atoms with Gasteiger partial charge in [0.2, 0.25) is 0 Å². The van der Waals surface area contributed by atoms with Crippen molar-refractivity contribution in [1.29, 1.82) is 0 Å². The van der Waals surface area contributed by atoms with E-state index in [0.29, 0.717) is 5.15 Å². The average molecular weight is 209 g/mol. The molecule has 0 fully saturated rings. The largest absolute Gasteiger partial charge is 0.261 e. The molecule has 2 rings (SSSR count). The van der Waals surface area contributed by atoms with Gasteiger partial charge in [0.1, 0.15) is 5.15 Å². The van der Waals surface area contributed by atoms with Crippen molar-refractivity contribution >= 4 is 11.6 Å². The van der Waals surface area contributed by atoms with Crippen molar-refractivity contribution in [3.05, 3.63) is 29.4 Å². The SMILES string of the molecule is Cc1nn(C)c(Cl)c1-c1cnccn1. The highest BCUT2D eigenvalue weighted by molar-refractivity contribution is 6.32. The molecule has 4 nitrogen and oxygen atoms in total. The lowest BCUT2D eigenvalue weighted by atomic mass is 10.2. The summed E-state index contributed by atoms with van der Waals surface area (Å²) in [5, 5.41) is 4.79. The molecule has 0 bridgehead atoms. The third-order valence-corrected chi connectivity index (χ3v) is 2.41. The van der Waals surface area contributed by atoms with Crippen LogP contribution in [0.1, 0.15) is 5.69 Å². The highest BCUT2D eigenvalue weighted by Gasteiger charge is 2.13. The molecule has 72 valence electrons. The molecule has 0 saturated heterocycles. The van der Waals surface area contributed by atoms with Crippen LogP contribution < -0.4 is 0 Å². The van der Waals surface area contributed by atoms with Crippen molar-refractivity contribution in [2.24, 2.45) is 7.05 Å². The normalized spacial score (nSPS) is 10.5. The molecule has 2 aromatic rings. The molecule has 14 heavy (non-hydrogen) atoms. The summed E-state index contributed by atoms with van der Waals surface area (Å²) in [5.41, 5.74) is 2.46. The van der Waals surface area contributed by atoms with Gasteiger partial charge in [-0.2, -0.15) is 5.10 Å². The Balaban J connectivity index is 2.62. The van der Waals surface area contributed by atoms with E-state index in [-0.39, 0.29) is 0 Å². The summed E-state index contributed by atoms with van der Waals surface area (Å²) in [6.45, 7) is 1.90. The first-order valence-electron chi connectivity index (χ1n) is 4.15. The number of halogens is 1. The minimum Gasteiger partial charge on any atom is -0.261 e. The first-order chi connectivity index (χ1) is 6.70. The summed E-state index contributed by atoms with van der Waals surface area (Å²) in [6, 6.07) is 0.